The van der Waals surface area contributed by atoms with Gasteiger partial charge in [0, 0.05) is 6.04 Å². The number of phenols is 1. The molecular formula is C13H20ClNO. The van der Waals surface area contributed by atoms with Crippen molar-refractivity contribution in [2.45, 2.75) is 39.2 Å². The van der Waals surface area contributed by atoms with Crippen molar-refractivity contribution in [3.05, 3.63) is 28.8 Å². The van der Waals surface area contributed by atoms with Crippen LogP contribution in [0.1, 0.15) is 42.0 Å². The molecule has 0 bridgehead atoms. The van der Waals surface area contributed by atoms with E-state index in [1.165, 1.54) is 24.8 Å². The molecule has 3 N–H and O–H groups in total. The Kier molecular flexibility index (Phi) is 4.22. The van der Waals surface area contributed by atoms with Gasteiger partial charge in [-0.05, 0) is 61.4 Å². The van der Waals surface area contributed by atoms with Gasteiger partial charge in [-0.1, -0.05) is 6.42 Å². The summed E-state index contributed by atoms with van der Waals surface area (Å²) in [5.41, 5.74) is 9.74. The summed E-state index contributed by atoms with van der Waals surface area (Å²) in [7, 11) is 0. The number of phenolic OH excluding ortho intramolecular Hbond substituents is 1. The predicted molar refractivity (Wildman–Crippen MR) is 69.1 cm³/mol. The summed E-state index contributed by atoms with van der Waals surface area (Å²) in [6, 6.07) is 3.76. The average Bonchev–Trinajstić information content (AvgIpc) is 1.97. The Labute approximate surface area is 103 Å². The molecule has 0 radical (unpaired) electrons. The highest BCUT2D eigenvalue weighted by molar-refractivity contribution is 5.85. The molecule has 0 spiro atoms. The summed E-state index contributed by atoms with van der Waals surface area (Å²) in [4.78, 5) is 0. The van der Waals surface area contributed by atoms with Crippen LogP contribution in [-0.4, -0.2) is 5.11 Å². The molecule has 0 heterocycles. The van der Waals surface area contributed by atoms with Crippen LogP contribution in [0.15, 0.2) is 12.1 Å². The molecular weight excluding hydrogens is 222 g/mol. The van der Waals surface area contributed by atoms with E-state index in [1.54, 1.807) is 12.1 Å². The predicted octanol–water partition coefficient (Wildman–Crippen LogP) is 3.23. The Morgan fingerprint density at radius 2 is 1.75 bits per heavy atom. The first kappa shape index (κ1) is 13.3. The van der Waals surface area contributed by atoms with Gasteiger partial charge in [0.05, 0.1) is 0 Å². The first-order chi connectivity index (χ1) is 7.09. The van der Waals surface area contributed by atoms with Crippen LogP contribution < -0.4 is 5.73 Å². The van der Waals surface area contributed by atoms with E-state index >= 15 is 0 Å². The molecule has 3 heteroatoms. The van der Waals surface area contributed by atoms with Gasteiger partial charge >= 0.3 is 0 Å². The molecule has 0 aromatic heterocycles. The Bertz CT molecular complexity index is 351. The Morgan fingerprint density at radius 1 is 1.25 bits per heavy atom. The molecule has 16 heavy (non-hydrogen) atoms. The van der Waals surface area contributed by atoms with E-state index in [4.69, 9.17) is 5.73 Å². The van der Waals surface area contributed by atoms with Crippen molar-refractivity contribution in [3.63, 3.8) is 0 Å². The summed E-state index contributed by atoms with van der Waals surface area (Å²) < 4.78 is 0. The monoisotopic (exact) mass is 241 g/mol. The van der Waals surface area contributed by atoms with Crippen molar-refractivity contribution >= 4 is 12.4 Å². The molecule has 2 nitrogen and oxygen atoms in total. The van der Waals surface area contributed by atoms with Crippen molar-refractivity contribution < 1.29 is 5.11 Å². The van der Waals surface area contributed by atoms with Gasteiger partial charge in [-0.25, -0.2) is 0 Å². The van der Waals surface area contributed by atoms with E-state index in [2.05, 4.69) is 0 Å². The topological polar surface area (TPSA) is 46.2 Å². The fraction of sp³-hybridized carbons (Fsp3) is 0.538. The van der Waals surface area contributed by atoms with Crippen molar-refractivity contribution in [3.8, 4) is 5.75 Å². The van der Waals surface area contributed by atoms with Crippen molar-refractivity contribution in [2.75, 3.05) is 0 Å². The van der Waals surface area contributed by atoms with Gasteiger partial charge < -0.3 is 10.8 Å². The molecule has 1 atom stereocenters. The highest BCUT2D eigenvalue weighted by Gasteiger charge is 2.27. The quantitative estimate of drug-likeness (QED) is 0.835. The van der Waals surface area contributed by atoms with Crippen LogP contribution in [0.25, 0.3) is 0 Å². The zero-order chi connectivity index (χ0) is 11.0. The summed E-state index contributed by atoms with van der Waals surface area (Å²) in [5, 5.41) is 9.47. The molecule has 1 aromatic rings. The highest BCUT2D eigenvalue weighted by atomic mass is 35.5. The van der Waals surface area contributed by atoms with Crippen LogP contribution in [0.3, 0.4) is 0 Å². The van der Waals surface area contributed by atoms with Crippen LogP contribution in [0.5, 0.6) is 5.75 Å². The third-order valence-electron chi connectivity index (χ3n) is 3.57. The number of benzene rings is 1. The summed E-state index contributed by atoms with van der Waals surface area (Å²) in [6.07, 6.45) is 3.82. The van der Waals surface area contributed by atoms with Gasteiger partial charge in [0.25, 0.3) is 0 Å². The largest absolute Gasteiger partial charge is 0.508 e. The van der Waals surface area contributed by atoms with Crippen molar-refractivity contribution in [1.82, 2.24) is 0 Å². The maximum Gasteiger partial charge on any atom is 0.116 e. The molecule has 0 saturated heterocycles. The molecule has 1 saturated carbocycles. The summed E-state index contributed by atoms with van der Waals surface area (Å²) >= 11 is 0. The third-order valence-corrected chi connectivity index (χ3v) is 3.57. The van der Waals surface area contributed by atoms with Gasteiger partial charge in [0.15, 0.2) is 0 Å². The number of hydrogen-bond donors (Lipinski definition) is 2. The zero-order valence-electron chi connectivity index (χ0n) is 9.86. The van der Waals surface area contributed by atoms with Gasteiger partial charge in [-0.2, -0.15) is 0 Å². The minimum atomic E-state index is 0. The van der Waals surface area contributed by atoms with E-state index in [0.29, 0.717) is 11.7 Å². The van der Waals surface area contributed by atoms with Crippen LogP contribution in [-0.2, 0) is 0 Å². The second-order valence-corrected chi connectivity index (χ2v) is 4.71. The molecule has 1 fully saturated rings. The number of nitrogens with two attached hydrogens (primary N) is 1. The SMILES string of the molecule is Cc1cc(O)cc(C)c1[C@H](N)C1CCC1.Cl. The number of rotatable bonds is 2. The van der Waals surface area contributed by atoms with Gasteiger partial charge in [-0.3, -0.25) is 0 Å². The molecule has 90 valence electrons. The Hall–Kier alpha value is -0.730. The maximum absolute atomic E-state index is 9.47. The minimum Gasteiger partial charge on any atom is -0.508 e. The lowest BCUT2D eigenvalue weighted by atomic mass is 9.76. The second kappa shape index (κ2) is 5.07. The van der Waals surface area contributed by atoms with E-state index in [-0.39, 0.29) is 18.4 Å². The van der Waals surface area contributed by atoms with Crippen LogP contribution in [0.4, 0.5) is 0 Å². The van der Waals surface area contributed by atoms with Crippen molar-refractivity contribution in [2.24, 2.45) is 11.7 Å². The van der Waals surface area contributed by atoms with Gasteiger partial charge in [0.2, 0.25) is 0 Å². The number of aryl methyl sites for hydroxylation is 2. The normalized spacial score (nSPS) is 17.4. The zero-order valence-corrected chi connectivity index (χ0v) is 10.7. The van der Waals surface area contributed by atoms with E-state index in [1.807, 2.05) is 13.8 Å². The first-order valence-corrected chi connectivity index (χ1v) is 5.65. The smallest absolute Gasteiger partial charge is 0.116 e. The number of hydrogen-bond acceptors (Lipinski definition) is 2. The van der Waals surface area contributed by atoms with Crippen LogP contribution >= 0.6 is 12.4 Å². The lowest BCUT2D eigenvalue weighted by Gasteiger charge is -2.33. The van der Waals surface area contributed by atoms with Gasteiger partial charge in [0.1, 0.15) is 5.75 Å². The van der Waals surface area contributed by atoms with Gasteiger partial charge in [-0.15, -0.1) is 12.4 Å². The molecule has 0 amide bonds. The first-order valence-electron chi connectivity index (χ1n) is 5.65. The fourth-order valence-corrected chi connectivity index (χ4v) is 2.51. The summed E-state index contributed by atoms with van der Waals surface area (Å²) in [5.74, 6) is 0.988. The van der Waals surface area contributed by atoms with Crippen LogP contribution in [0, 0.1) is 19.8 Å². The molecule has 1 aromatic carbocycles. The minimum absolute atomic E-state index is 0. The van der Waals surface area contributed by atoms with E-state index in [0.717, 1.165) is 11.1 Å². The summed E-state index contributed by atoms with van der Waals surface area (Å²) in [6.45, 7) is 4.06. The standard InChI is InChI=1S/C13H19NO.ClH/c1-8-6-11(15)7-9(2)12(8)13(14)10-4-3-5-10;/h6-7,10,13,15H,3-5,14H2,1-2H3;1H/t13-;/m1./s1. The van der Waals surface area contributed by atoms with Crippen molar-refractivity contribution in [1.29, 1.82) is 0 Å². The number of aromatic hydroxyl groups is 1. The molecule has 2 rings (SSSR count). The third kappa shape index (κ3) is 2.33. The second-order valence-electron chi connectivity index (χ2n) is 4.71. The molecule has 0 unspecified atom stereocenters. The lowest BCUT2D eigenvalue weighted by Crippen LogP contribution is -2.28. The van der Waals surface area contributed by atoms with E-state index < -0.39 is 0 Å². The highest BCUT2D eigenvalue weighted by Crippen LogP contribution is 2.38. The molecule has 1 aliphatic carbocycles. The fourth-order valence-electron chi connectivity index (χ4n) is 2.51. The lowest BCUT2D eigenvalue weighted by molar-refractivity contribution is 0.263. The molecule has 0 aliphatic heterocycles. The van der Waals surface area contributed by atoms with Crippen LogP contribution in [0.2, 0.25) is 0 Å². The average molecular weight is 242 g/mol. The Balaban J connectivity index is 0.00000128. The molecule has 1 aliphatic rings. The maximum atomic E-state index is 9.47. The Morgan fingerprint density at radius 3 is 2.12 bits per heavy atom. The van der Waals surface area contributed by atoms with E-state index in [9.17, 15) is 5.11 Å². The number of halogens is 1.